The van der Waals surface area contributed by atoms with Crippen molar-refractivity contribution in [2.75, 3.05) is 5.32 Å². The lowest BCUT2D eigenvalue weighted by molar-refractivity contribution is -0.123. The Bertz CT molecular complexity index is 1000. The Morgan fingerprint density at radius 3 is 2.63 bits per heavy atom. The number of aromatic amines is 1. The molecule has 0 saturated carbocycles. The molecule has 142 valence electrons. The predicted molar refractivity (Wildman–Crippen MR) is 104 cm³/mol. The molecule has 0 radical (unpaired) electrons. The number of carbonyl (C=O) groups is 2. The Hall–Kier alpha value is -3.09. The molecule has 27 heavy (non-hydrogen) atoms. The van der Waals surface area contributed by atoms with Gasteiger partial charge in [-0.1, -0.05) is 0 Å². The summed E-state index contributed by atoms with van der Waals surface area (Å²) in [4.78, 5) is 28.1. The quantitative estimate of drug-likeness (QED) is 0.671. The van der Waals surface area contributed by atoms with Crippen LogP contribution in [0.25, 0.3) is 10.9 Å². The molecule has 0 bridgehead atoms. The van der Waals surface area contributed by atoms with Crippen molar-refractivity contribution >= 4 is 28.6 Å². The minimum absolute atomic E-state index is 0.105. The molecule has 7 nitrogen and oxygen atoms in total. The van der Waals surface area contributed by atoms with Crippen LogP contribution in [0.3, 0.4) is 0 Å². The third-order valence-electron chi connectivity index (χ3n) is 4.61. The van der Waals surface area contributed by atoms with Gasteiger partial charge < -0.3 is 15.0 Å². The van der Waals surface area contributed by atoms with Gasteiger partial charge in [-0.3, -0.25) is 4.79 Å². The van der Waals surface area contributed by atoms with Gasteiger partial charge in [0.25, 0.3) is 5.91 Å². The molecule has 0 aliphatic rings. The van der Waals surface area contributed by atoms with Crippen molar-refractivity contribution in [3.8, 4) is 0 Å². The number of anilines is 1. The molecule has 0 spiro atoms. The molecule has 2 N–H and O–H groups in total. The van der Waals surface area contributed by atoms with Gasteiger partial charge in [-0.2, -0.15) is 5.10 Å². The Balaban J connectivity index is 1.70. The molecule has 1 aromatic carbocycles. The lowest BCUT2D eigenvalue weighted by Crippen LogP contribution is -2.31. The molecule has 0 aliphatic heterocycles. The van der Waals surface area contributed by atoms with Crippen molar-refractivity contribution in [1.29, 1.82) is 0 Å². The van der Waals surface area contributed by atoms with Crippen molar-refractivity contribution in [3.05, 3.63) is 47.3 Å². The van der Waals surface area contributed by atoms with Crippen LogP contribution < -0.4 is 5.32 Å². The molecule has 2 aromatic heterocycles. The highest BCUT2D eigenvalue weighted by molar-refractivity contribution is 5.99. The summed E-state index contributed by atoms with van der Waals surface area (Å²) < 4.78 is 7.04. The third-order valence-corrected chi connectivity index (χ3v) is 4.61. The average Bonchev–Trinajstić information content (AvgIpc) is 3.19. The van der Waals surface area contributed by atoms with E-state index in [1.165, 1.54) is 0 Å². The van der Waals surface area contributed by atoms with Gasteiger partial charge in [0.05, 0.1) is 11.8 Å². The van der Waals surface area contributed by atoms with Gasteiger partial charge in [-0.05, 0) is 58.4 Å². The molecule has 0 unspecified atom stereocenters. The van der Waals surface area contributed by atoms with Crippen molar-refractivity contribution in [2.45, 2.75) is 46.8 Å². The first kappa shape index (κ1) is 18.7. The minimum Gasteiger partial charge on any atom is -0.449 e. The number of rotatable bonds is 5. The van der Waals surface area contributed by atoms with Gasteiger partial charge in [-0.25, -0.2) is 9.48 Å². The van der Waals surface area contributed by atoms with E-state index in [1.807, 2.05) is 33.8 Å². The van der Waals surface area contributed by atoms with Crippen LogP contribution in [0.15, 0.2) is 30.5 Å². The van der Waals surface area contributed by atoms with Gasteiger partial charge >= 0.3 is 5.97 Å². The van der Waals surface area contributed by atoms with Crippen LogP contribution in [0.1, 0.15) is 48.4 Å². The second-order valence-corrected chi connectivity index (χ2v) is 6.93. The van der Waals surface area contributed by atoms with Crippen LogP contribution in [0.4, 0.5) is 5.82 Å². The average molecular weight is 368 g/mol. The Morgan fingerprint density at radius 2 is 1.93 bits per heavy atom. The Kier molecular flexibility index (Phi) is 5.03. The highest BCUT2D eigenvalue weighted by Gasteiger charge is 2.21. The minimum atomic E-state index is -0.933. The summed E-state index contributed by atoms with van der Waals surface area (Å²) in [6.07, 6.45) is 0.681. The molecular formula is C20H24N4O3. The fourth-order valence-electron chi connectivity index (χ4n) is 2.92. The standard InChI is InChI=1S/C20H24N4O3/c1-11(2)24-18(8-9-21-24)23-19(25)14(5)27-20(26)15-6-7-17-16(10-15)12(3)13(4)22-17/h6-11,14,22H,1-5H3,(H,23,25)/t14-/m1/s1. The first-order valence-electron chi connectivity index (χ1n) is 8.92. The number of hydrogen-bond donors (Lipinski definition) is 2. The summed E-state index contributed by atoms with van der Waals surface area (Å²) in [5, 5.41) is 7.89. The Morgan fingerprint density at radius 1 is 1.19 bits per heavy atom. The number of carbonyl (C=O) groups excluding carboxylic acids is 2. The van der Waals surface area contributed by atoms with E-state index >= 15 is 0 Å². The molecule has 1 amide bonds. The number of fused-ring (bicyclic) bond motifs is 1. The van der Waals surface area contributed by atoms with E-state index in [1.54, 1.807) is 36.0 Å². The van der Waals surface area contributed by atoms with Crippen molar-refractivity contribution in [3.63, 3.8) is 0 Å². The summed E-state index contributed by atoms with van der Waals surface area (Å²) in [6.45, 7) is 9.46. The maximum absolute atomic E-state index is 12.5. The van der Waals surface area contributed by atoms with E-state index in [4.69, 9.17) is 4.74 Å². The molecule has 3 aromatic rings. The maximum Gasteiger partial charge on any atom is 0.338 e. The molecule has 2 heterocycles. The first-order valence-corrected chi connectivity index (χ1v) is 8.92. The molecule has 0 aliphatic carbocycles. The number of nitrogens with zero attached hydrogens (tertiary/aromatic N) is 2. The number of benzene rings is 1. The van der Waals surface area contributed by atoms with Gasteiger partial charge in [0.1, 0.15) is 5.82 Å². The number of aryl methyl sites for hydroxylation is 2. The second-order valence-electron chi connectivity index (χ2n) is 6.93. The predicted octanol–water partition coefficient (Wildman–Crippen LogP) is 3.75. The highest BCUT2D eigenvalue weighted by atomic mass is 16.5. The number of hydrogen-bond acceptors (Lipinski definition) is 4. The number of aromatic nitrogens is 3. The van der Waals surface area contributed by atoms with E-state index in [0.29, 0.717) is 11.4 Å². The molecule has 3 rings (SSSR count). The fourth-order valence-corrected chi connectivity index (χ4v) is 2.92. The summed E-state index contributed by atoms with van der Waals surface area (Å²) >= 11 is 0. The van der Waals surface area contributed by atoms with E-state index in [9.17, 15) is 9.59 Å². The second kappa shape index (κ2) is 7.26. The Labute approximate surface area is 157 Å². The number of H-pyrrole nitrogens is 1. The zero-order chi connectivity index (χ0) is 19.7. The van der Waals surface area contributed by atoms with Gasteiger partial charge in [0.15, 0.2) is 6.10 Å². The molecule has 7 heteroatoms. The van der Waals surface area contributed by atoms with Crippen molar-refractivity contribution < 1.29 is 14.3 Å². The van der Waals surface area contributed by atoms with E-state index in [-0.39, 0.29) is 6.04 Å². The van der Waals surface area contributed by atoms with Crippen LogP contribution in [0.2, 0.25) is 0 Å². The van der Waals surface area contributed by atoms with Crippen LogP contribution in [0, 0.1) is 13.8 Å². The van der Waals surface area contributed by atoms with E-state index < -0.39 is 18.0 Å². The maximum atomic E-state index is 12.5. The van der Waals surface area contributed by atoms with Crippen LogP contribution in [-0.2, 0) is 9.53 Å². The normalized spacial score (nSPS) is 12.4. The van der Waals surface area contributed by atoms with Crippen LogP contribution in [-0.4, -0.2) is 32.7 Å². The van der Waals surface area contributed by atoms with E-state index in [0.717, 1.165) is 22.2 Å². The van der Waals surface area contributed by atoms with Crippen LogP contribution in [0.5, 0.6) is 0 Å². The zero-order valence-corrected chi connectivity index (χ0v) is 16.2. The number of nitrogens with one attached hydrogen (secondary N) is 2. The number of amides is 1. The monoisotopic (exact) mass is 368 g/mol. The molecular weight excluding hydrogens is 344 g/mol. The fraction of sp³-hybridized carbons (Fsp3) is 0.350. The third kappa shape index (κ3) is 3.72. The molecule has 0 saturated heterocycles. The summed E-state index contributed by atoms with van der Waals surface area (Å²) in [6, 6.07) is 7.14. The lowest BCUT2D eigenvalue weighted by atomic mass is 10.1. The van der Waals surface area contributed by atoms with Crippen molar-refractivity contribution in [2.24, 2.45) is 0 Å². The van der Waals surface area contributed by atoms with E-state index in [2.05, 4.69) is 15.4 Å². The van der Waals surface area contributed by atoms with Crippen LogP contribution >= 0.6 is 0 Å². The topological polar surface area (TPSA) is 89.0 Å². The van der Waals surface area contributed by atoms with Gasteiger partial charge in [0, 0.05) is 28.7 Å². The van der Waals surface area contributed by atoms with Crippen molar-refractivity contribution in [1.82, 2.24) is 14.8 Å². The number of ether oxygens (including phenoxy) is 1. The van der Waals surface area contributed by atoms with Gasteiger partial charge in [-0.15, -0.1) is 0 Å². The zero-order valence-electron chi connectivity index (χ0n) is 16.2. The van der Waals surface area contributed by atoms with Gasteiger partial charge in [0.2, 0.25) is 0 Å². The summed E-state index contributed by atoms with van der Waals surface area (Å²) in [5.74, 6) is -0.367. The molecule has 1 atom stereocenters. The smallest absolute Gasteiger partial charge is 0.338 e. The highest BCUT2D eigenvalue weighted by Crippen LogP contribution is 2.23. The summed E-state index contributed by atoms with van der Waals surface area (Å²) in [5.41, 5.74) is 3.53. The lowest BCUT2D eigenvalue weighted by Gasteiger charge is -2.15. The first-order chi connectivity index (χ1) is 12.8. The largest absolute Gasteiger partial charge is 0.449 e. The molecule has 0 fully saturated rings. The summed E-state index contributed by atoms with van der Waals surface area (Å²) in [7, 11) is 0. The SMILES string of the molecule is Cc1[nH]c2ccc(C(=O)O[C@H](C)C(=O)Nc3ccnn3C(C)C)cc2c1C. The number of esters is 1.